The summed E-state index contributed by atoms with van der Waals surface area (Å²) in [7, 11) is 4.00. The zero-order chi connectivity index (χ0) is 18.5. The Bertz CT molecular complexity index is 772. The average molecular weight is 501 g/mol. The van der Waals surface area contributed by atoms with Gasteiger partial charge in [-0.3, -0.25) is 0 Å². The van der Waals surface area contributed by atoms with Crippen LogP contribution in [0.4, 0.5) is 0 Å². The molecule has 0 atom stereocenters. The molecule has 0 unspecified atom stereocenters. The molecule has 0 radical (unpaired) electrons. The summed E-state index contributed by atoms with van der Waals surface area (Å²) in [4.78, 5) is 13.1. The lowest BCUT2D eigenvalue weighted by molar-refractivity contribution is 0.475. The minimum Gasteiger partial charge on any atom is -0.353 e. The van der Waals surface area contributed by atoms with Gasteiger partial charge in [-0.1, -0.05) is 6.08 Å². The highest BCUT2D eigenvalue weighted by atomic mass is 127. The summed E-state index contributed by atoms with van der Waals surface area (Å²) in [6.45, 7) is 7.61. The molecule has 0 saturated carbocycles. The Kier molecular flexibility index (Phi) is 8.21. The zero-order valence-electron chi connectivity index (χ0n) is 16.2. The number of hydrogen-bond acceptors (Lipinski definition) is 5. The van der Waals surface area contributed by atoms with E-state index >= 15 is 0 Å². The lowest BCUT2D eigenvalue weighted by Crippen LogP contribution is -2.38. The van der Waals surface area contributed by atoms with Crippen molar-refractivity contribution in [1.82, 2.24) is 30.0 Å². The number of halogens is 1. The van der Waals surface area contributed by atoms with Crippen LogP contribution in [0.2, 0.25) is 0 Å². The summed E-state index contributed by atoms with van der Waals surface area (Å²) >= 11 is 1.84. The maximum absolute atomic E-state index is 4.84. The van der Waals surface area contributed by atoms with E-state index in [4.69, 9.17) is 9.98 Å². The molecule has 27 heavy (non-hydrogen) atoms. The van der Waals surface area contributed by atoms with Crippen LogP contribution in [0.1, 0.15) is 40.1 Å². The van der Waals surface area contributed by atoms with Crippen LogP contribution in [0, 0.1) is 6.92 Å². The van der Waals surface area contributed by atoms with Gasteiger partial charge in [0, 0.05) is 25.5 Å². The molecule has 2 heterocycles. The summed E-state index contributed by atoms with van der Waals surface area (Å²) in [5.41, 5.74) is 1.30. The predicted octanol–water partition coefficient (Wildman–Crippen LogP) is 2.84. The van der Waals surface area contributed by atoms with E-state index in [-0.39, 0.29) is 24.0 Å². The first-order chi connectivity index (χ1) is 12.6. The molecule has 3 rings (SSSR count). The van der Waals surface area contributed by atoms with Crippen LogP contribution < -0.4 is 5.32 Å². The molecule has 1 aliphatic carbocycles. The van der Waals surface area contributed by atoms with Gasteiger partial charge in [-0.15, -0.1) is 52.1 Å². The molecule has 0 saturated heterocycles. The third-order valence-electron chi connectivity index (χ3n) is 4.58. The average Bonchev–Trinajstić information content (AvgIpc) is 3.18. The summed E-state index contributed by atoms with van der Waals surface area (Å²) in [6.07, 6.45) is 6.68. The number of aromatic nitrogens is 4. The molecule has 148 valence electrons. The van der Waals surface area contributed by atoms with E-state index < -0.39 is 0 Å². The van der Waals surface area contributed by atoms with Crippen molar-refractivity contribution in [2.45, 2.75) is 45.7 Å². The van der Waals surface area contributed by atoms with Gasteiger partial charge in [0.2, 0.25) is 0 Å². The van der Waals surface area contributed by atoms with E-state index in [9.17, 15) is 0 Å². The quantitative estimate of drug-likeness (QED) is 0.285. The largest absolute Gasteiger partial charge is 0.353 e. The molecule has 0 aromatic carbocycles. The molecule has 0 fully saturated rings. The van der Waals surface area contributed by atoms with Crippen LogP contribution in [0.3, 0.4) is 0 Å². The van der Waals surface area contributed by atoms with Crippen LogP contribution in [0.25, 0.3) is 0 Å². The highest BCUT2D eigenvalue weighted by Crippen LogP contribution is 2.27. The topological polar surface area (TPSA) is 71.2 Å². The number of thiazole rings is 1. The molecule has 1 N–H and O–H groups in total. The zero-order valence-corrected chi connectivity index (χ0v) is 19.4. The monoisotopic (exact) mass is 501 g/mol. The van der Waals surface area contributed by atoms with Crippen LogP contribution in [0.15, 0.2) is 17.6 Å². The normalized spacial score (nSPS) is 13.7. The lowest BCUT2D eigenvalue weighted by Gasteiger charge is -2.21. The molecule has 9 heteroatoms. The van der Waals surface area contributed by atoms with Gasteiger partial charge >= 0.3 is 0 Å². The second kappa shape index (κ2) is 10.2. The third-order valence-corrected chi connectivity index (χ3v) is 5.72. The van der Waals surface area contributed by atoms with Crippen LogP contribution in [0.5, 0.6) is 0 Å². The Hall–Kier alpha value is -1.49. The van der Waals surface area contributed by atoms with Crippen molar-refractivity contribution in [3.8, 4) is 0 Å². The van der Waals surface area contributed by atoms with Gasteiger partial charge in [0.25, 0.3) is 0 Å². The SMILES string of the molecule is C=CCNC(=NCc1nnc(C)n1C)N(C)Cc1nc2c(s1)CCCC2.I. The Morgan fingerprint density at radius 3 is 2.81 bits per heavy atom. The molecule has 2 aromatic rings. The van der Waals surface area contributed by atoms with Crippen LogP contribution in [-0.4, -0.2) is 44.2 Å². The molecule has 0 aliphatic heterocycles. The minimum atomic E-state index is 0. The summed E-state index contributed by atoms with van der Waals surface area (Å²) in [5.74, 6) is 2.55. The molecule has 7 nitrogen and oxygen atoms in total. The second-order valence-electron chi connectivity index (χ2n) is 6.57. The van der Waals surface area contributed by atoms with E-state index in [1.54, 1.807) is 0 Å². The fraction of sp³-hybridized carbons (Fsp3) is 0.556. The van der Waals surface area contributed by atoms with Gasteiger partial charge < -0.3 is 14.8 Å². The smallest absolute Gasteiger partial charge is 0.194 e. The van der Waals surface area contributed by atoms with Crippen molar-refractivity contribution >= 4 is 41.3 Å². The van der Waals surface area contributed by atoms with Crippen molar-refractivity contribution in [2.75, 3.05) is 13.6 Å². The van der Waals surface area contributed by atoms with Crippen LogP contribution >= 0.6 is 35.3 Å². The van der Waals surface area contributed by atoms with Crippen molar-refractivity contribution in [3.63, 3.8) is 0 Å². The van der Waals surface area contributed by atoms with E-state index in [1.807, 2.05) is 43.0 Å². The van der Waals surface area contributed by atoms with E-state index in [2.05, 4.69) is 27.0 Å². The first-order valence-corrected chi connectivity index (χ1v) is 9.82. The van der Waals surface area contributed by atoms with Gasteiger partial charge in [0.1, 0.15) is 17.4 Å². The maximum Gasteiger partial charge on any atom is 0.194 e. The Morgan fingerprint density at radius 2 is 2.15 bits per heavy atom. The van der Waals surface area contributed by atoms with Gasteiger partial charge in [0.05, 0.1) is 12.2 Å². The number of nitrogens with zero attached hydrogens (tertiary/aromatic N) is 6. The van der Waals surface area contributed by atoms with Gasteiger partial charge in [0.15, 0.2) is 11.8 Å². The number of fused-ring (bicyclic) bond motifs is 1. The van der Waals surface area contributed by atoms with E-state index in [1.165, 1.54) is 29.8 Å². The number of aliphatic imine (C=N–C) groups is 1. The number of rotatable bonds is 6. The highest BCUT2D eigenvalue weighted by Gasteiger charge is 2.17. The molecular weight excluding hydrogens is 473 g/mol. The summed E-state index contributed by atoms with van der Waals surface area (Å²) < 4.78 is 1.96. The number of nitrogens with one attached hydrogen (secondary N) is 1. The first kappa shape index (κ1) is 21.8. The molecule has 0 spiro atoms. The lowest BCUT2D eigenvalue weighted by atomic mass is 10.0. The van der Waals surface area contributed by atoms with Crippen LogP contribution in [-0.2, 0) is 33.0 Å². The second-order valence-corrected chi connectivity index (χ2v) is 7.74. The Balaban J connectivity index is 0.00000261. The van der Waals surface area contributed by atoms with E-state index in [0.29, 0.717) is 13.1 Å². The molecule has 0 amide bonds. The molecule has 1 aliphatic rings. The van der Waals surface area contributed by atoms with Gasteiger partial charge in [-0.05, 0) is 32.6 Å². The first-order valence-electron chi connectivity index (χ1n) is 9.01. The number of guanidine groups is 1. The molecule has 2 aromatic heterocycles. The van der Waals surface area contributed by atoms with Gasteiger partial charge in [-0.2, -0.15) is 0 Å². The van der Waals surface area contributed by atoms with Gasteiger partial charge in [-0.25, -0.2) is 9.98 Å². The van der Waals surface area contributed by atoms with E-state index in [0.717, 1.165) is 35.6 Å². The minimum absolute atomic E-state index is 0. The maximum atomic E-state index is 4.84. The highest BCUT2D eigenvalue weighted by molar-refractivity contribution is 14.0. The summed E-state index contributed by atoms with van der Waals surface area (Å²) in [6, 6.07) is 0. The molecular formula is C18H28IN7S. The fourth-order valence-corrected chi connectivity index (χ4v) is 4.17. The van der Waals surface area contributed by atoms with Crippen molar-refractivity contribution in [1.29, 1.82) is 0 Å². The number of aryl methyl sites for hydroxylation is 3. The Morgan fingerprint density at radius 1 is 1.37 bits per heavy atom. The number of hydrogen-bond donors (Lipinski definition) is 1. The fourth-order valence-electron chi connectivity index (χ4n) is 2.96. The molecule has 0 bridgehead atoms. The van der Waals surface area contributed by atoms with Crippen molar-refractivity contribution in [3.05, 3.63) is 39.9 Å². The standard InChI is InChI=1S/C18H27N7S.HI/c1-5-10-19-18(20-11-16-23-22-13(2)25(16)4)24(3)12-17-21-14-8-6-7-9-15(14)26-17;/h5H,1,6-12H2,2-4H3,(H,19,20);1H. The summed E-state index contributed by atoms with van der Waals surface area (Å²) in [5, 5.41) is 12.8. The van der Waals surface area contributed by atoms with Crippen molar-refractivity contribution in [2.24, 2.45) is 12.0 Å². The Labute approximate surface area is 182 Å². The predicted molar refractivity (Wildman–Crippen MR) is 121 cm³/mol. The third kappa shape index (κ3) is 5.50. The van der Waals surface area contributed by atoms with Crippen molar-refractivity contribution < 1.29 is 0 Å².